The van der Waals surface area contributed by atoms with Crippen LogP contribution < -0.4 is 5.32 Å². The van der Waals surface area contributed by atoms with Crippen LogP contribution >= 0.6 is 11.3 Å². The number of aromatic nitrogens is 1. The average Bonchev–Trinajstić information content (AvgIpc) is 2.66. The van der Waals surface area contributed by atoms with Crippen molar-refractivity contribution in [3.8, 4) is 0 Å². The SMILES string of the molecule is Cc1ncsc1CNC1CCN(C)C(C)C1. The van der Waals surface area contributed by atoms with Crippen molar-refractivity contribution in [2.75, 3.05) is 13.6 Å². The molecule has 0 saturated carbocycles. The fourth-order valence-electron chi connectivity index (χ4n) is 2.21. The summed E-state index contributed by atoms with van der Waals surface area (Å²) in [7, 11) is 2.22. The van der Waals surface area contributed by atoms with Gasteiger partial charge in [0.2, 0.25) is 0 Å². The maximum absolute atomic E-state index is 4.28. The maximum Gasteiger partial charge on any atom is 0.0798 e. The Morgan fingerprint density at radius 3 is 3.06 bits per heavy atom. The third-order valence-corrected chi connectivity index (χ3v) is 4.54. The van der Waals surface area contributed by atoms with Gasteiger partial charge in [-0.1, -0.05) is 0 Å². The number of piperidine rings is 1. The lowest BCUT2D eigenvalue weighted by atomic mass is 9.99. The Hall–Kier alpha value is -0.450. The summed E-state index contributed by atoms with van der Waals surface area (Å²) in [6, 6.07) is 1.38. The highest BCUT2D eigenvalue weighted by atomic mass is 32.1. The molecule has 1 N–H and O–H groups in total. The van der Waals surface area contributed by atoms with Crippen molar-refractivity contribution >= 4 is 11.3 Å². The van der Waals surface area contributed by atoms with Gasteiger partial charge in [-0.15, -0.1) is 11.3 Å². The topological polar surface area (TPSA) is 28.2 Å². The number of likely N-dealkylation sites (tertiary alicyclic amines) is 1. The Morgan fingerprint density at radius 2 is 2.44 bits per heavy atom. The molecule has 2 atom stereocenters. The van der Waals surface area contributed by atoms with Gasteiger partial charge in [0.05, 0.1) is 11.2 Å². The van der Waals surface area contributed by atoms with Crippen LogP contribution in [0.25, 0.3) is 0 Å². The molecule has 2 rings (SSSR count). The van der Waals surface area contributed by atoms with Crippen LogP contribution in [0.4, 0.5) is 0 Å². The van der Waals surface area contributed by atoms with Crippen molar-refractivity contribution in [2.45, 2.75) is 45.3 Å². The van der Waals surface area contributed by atoms with Crippen LogP contribution in [0.1, 0.15) is 30.3 Å². The first-order chi connectivity index (χ1) is 7.66. The molecule has 0 radical (unpaired) electrons. The molecule has 1 fully saturated rings. The van der Waals surface area contributed by atoms with E-state index in [9.17, 15) is 0 Å². The molecule has 16 heavy (non-hydrogen) atoms. The minimum Gasteiger partial charge on any atom is -0.309 e. The van der Waals surface area contributed by atoms with E-state index in [1.807, 2.05) is 5.51 Å². The van der Waals surface area contributed by atoms with E-state index in [0.717, 1.165) is 6.54 Å². The zero-order valence-electron chi connectivity index (χ0n) is 10.4. The highest BCUT2D eigenvalue weighted by Gasteiger charge is 2.22. The van der Waals surface area contributed by atoms with Crippen molar-refractivity contribution in [3.05, 3.63) is 16.1 Å². The van der Waals surface area contributed by atoms with Gasteiger partial charge in [0, 0.05) is 23.5 Å². The highest BCUT2D eigenvalue weighted by Crippen LogP contribution is 2.17. The van der Waals surface area contributed by atoms with E-state index >= 15 is 0 Å². The molecule has 0 aromatic carbocycles. The van der Waals surface area contributed by atoms with Crippen molar-refractivity contribution in [1.29, 1.82) is 0 Å². The standard InChI is InChI=1S/C12H21N3S/c1-9-6-11(4-5-15(9)3)13-7-12-10(2)14-8-16-12/h8-9,11,13H,4-7H2,1-3H3. The number of hydrogen-bond donors (Lipinski definition) is 1. The molecule has 4 heteroatoms. The predicted molar refractivity (Wildman–Crippen MR) is 68.8 cm³/mol. The van der Waals surface area contributed by atoms with Crippen LogP contribution in [-0.4, -0.2) is 35.6 Å². The van der Waals surface area contributed by atoms with E-state index in [4.69, 9.17) is 0 Å². The van der Waals surface area contributed by atoms with Crippen molar-refractivity contribution < 1.29 is 0 Å². The molecule has 1 aromatic rings. The summed E-state index contributed by atoms with van der Waals surface area (Å²) in [5, 5.41) is 3.66. The number of nitrogens with one attached hydrogen (secondary N) is 1. The molecular weight excluding hydrogens is 218 g/mol. The lowest BCUT2D eigenvalue weighted by molar-refractivity contribution is 0.168. The molecule has 1 aromatic heterocycles. The Morgan fingerprint density at radius 1 is 1.62 bits per heavy atom. The minimum atomic E-state index is 0.674. The summed E-state index contributed by atoms with van der Waals surface area (Å²) >= 11 is 1.76. The van der Waals surface area contributed by atoms with Gasteiger partial charge in [-0.2, -0.15) is 0 Å². The summed E-state index contributed by atoms with van der Waals surface area (Å²) in [6.45, 7) is 6.59. The molecule has 0 amide bonds. The maximum atomic E-state index is 4.28. The molecule has 3 nitrogen and oxygen atoms in total. The normalized spacial score (nSPS) is 27.2. The van der Waals surface area contributed by atoms with Crippen LogP contribution in [0.5, 0.6) is 0 Å². The monoisotopic (exact) mass is 239 g/mol. The quantitative estimate of drug-likeness (QED) is 0.875. The Kier molecular flexibility index (Phi) is 3.95. The van der Waals surface area contributed by atoms with Gasteiger partial charge < -0.3 is 10.2 Å². The smallest absolute Gasteiger partial charge is 0.0798 e. The predicted octanol–water partition coefficient (Wildman–Crippen LogP) is 2.02. The van der Waals surface area contributed by atoms with Gasteiger partial charge in [-0.3, -0.25) is 0 Å². The van der Waals surface area contributed by atoms with Crippen molar-refractivity contribution in [2.24, 2.45) is 0 Å². The Bertz CT molecular complexity index is 337. The van der Waals surface area contributed by atoms with Crippen LogP contribution in [0.15, 0.2) is 5.51 Å². The second-order valence-electron chi connectivity index (χ2n) is 4.79. The van der Waals surface area contributed by atoms with Crippen molar-refractivity contribution in [1.82, 2.24) is 15.2 Å². The van der Waals surface area contributed by atoms with Crippen molar-refractivity contribution in [3.63, 3.8) is 0 Å². The van der Waals surface area contributed by atoms with Crippen LogP contribution in [-0.2, 0) is 6.54 Å². The molecule has 2 heterocycles. The minimum absolute atomic E-state index is 0.674. The van der Waals surface area contributed by atoms with E-state index in [-0.39, 0.29) is 0 Å². The third-order valence-electron chi connectivity index (χ3n) is 3.60. The first kappa shape index (κ1) is 12.0. The molecular formula is C12H21N3S. The zero-order chi connectivity index (χ0) is 11.5. The third kappa shape index (κ3) is 2.81. The van der Waals surface area contributed by atoms with Gasteiger partial charge in [0.25, 0.3) is 0 Å². The molecule has 90 valence electrons. The van der Waals surface area contributed by atoms with Crippen LogP contribution in [0.3, 0.4) is 0 Å². The largest absolute Gasteiger partial charge is 0.309 e. The van der Waals surface area contributed by atoms with Gasteiger partial charge in [0.15, 0.2) is 0 Å². The second kappa shape index (κ2) is 5.25. The molecule has 2 unspecified atom stereocenters. The fourth-order valence-corrected chi connectivity index (χ4v) is 2.94. The molecule has 1 aliphatic heterocycles. The lowest BCUT2D eigenvalue weighted by Crippen LogP contribution is -2.45. The van der Waals surface area contributed by atoms with E-state index in [2.05, 4.69) is 36.1 Å². The highest BCUT2D eigenvalue weighted by molar-refractivity contribution is 7.09. The van der Waals surface area contributed by atoms with E-state index in [1.165, 1.54) is 30.0 Å². The average molecular weight is 239 g/mol. The fraction of sp³-hybridized carbons (Fsp3) is 0.750. The number of nitrogens with zero attached hydrogens (tertiary/aromatic N) is 2. The number of aryl methyl sites for hydroxylation is 1. The zero-order valence-corrected chi connectivity index (χ0v) is 11.2. The number of thiazole rings is 1. The summed E-state index contributed by atoms with van der Waals surface area (Å²) in [5.74, 6) is 0. The Labute approximate surface area is 102 Å². The first-order valence-electron chi connectivity index (χ1n) is 5.99. The second-order valence-corrected chi connectivity index (χ2v) is 5.73. The summed E-state index contributed by atoms with van der Waals surface area (Å²) in [6.07, 6.45) is 2.52. The van der Waals surface area contributed by atoms with E-state index in [0.29, 0.717) is 12.1 Å². The summed E-state index contributed by atoms with van der Waals surface area (Å²) in [4.78, 5) is 8.10. The van der Waals surface area contributed by atoms with Gasteiger partial charge in [0.1, 0.15) is 0 Å². The molecule has 1 aliphatic rings. The molecule has 1 saturated heterocycles. The Balaban J connectivity index is 1.81. The van der Waals surface area contributed by atoms with Gasteiger partial charge in [-0.05, 0) is 40.3 Å². The van der Waals surface area contributed by atoms with Crippen LogP contribution in [0, 0.1) is 6.92 Å². The number of hydrogen-bond acceptors (Lipinski definition) is 4. The first-order valence-corrected chi connectivity index (χ1v) is 6.87. The van der Waals surface area contributed by atoms with Gasteiger partial charge in [-0.25, -0.2) is 4.98 Å². The molecule has 0 aliphatic carbocycles. The van der Waals surface area contributed by atoms with E-state index < -0.39 is 0 Å². The summed E-state index contributed by atoms with van der Waals surface area (Å²) in [5.41, 5.74) is 3.11. The lowest BCUT2D eigenvalue weighted by Gasteiger charge is -2.35. The molecule has 0 bridgehead atoms. The van der Waals surface area contributed by atoms with Gasteiger partial charge >= 0.3 is 0 Å². The summed E-state index contributed by atoms with van der Waals surface area (Å²) < 4.78 is 0. The number of rotatable bonds is 3. The van der Waals surface area contributed by atoms with Crippen LogP contribution in [0.2, 0.25) is 0 Å². The molecule has 0 spiro atoms. The van der Waals surface area contributed by atoms with E-state index in [1.54, 1.807) is 11.3 Å².